The van der Waals surface area contributed by atoms with Crippen molar-refractivity contribution in [2.24, 2.45) is 0 Å². The highest BCUT2D eigenvalue weighted by molar-refractivity contribution is 9.10. The van der Waals surface area contributed by atoms with Gasteiger partial charge in [-0.25, -0.2) is 4.98 Å². The Labute approximate surface area is 93.5 Å². The molecule has 2 aromatic rings. The molecular weight excluding hydrogens is 267 g/mol. The summed E-state index contributed by atoms with van der Waals surface area (Å²) in [6, 6.07) is 3.52. The van der Waals surface area contributed by atoms with Crippen LogP contribution in [-0.4, -0.2) is 9.38 Å². The smallest absolute Gasteiger partial charge is 0.262 e. The summed E-state index contributed by atoms with van der Waals surface area (Å²) >= 11 is 9.11. The summed E-state index contributed by atoms with van der Waals surface area (Å²) in [6.07, 6.45) is 1.66. The van der Waals surface area contributed by atoms with Gasteiger partial charge in [0, 0.05) is 10.7 Å². The summed E-state index contributed by atoms with van der Waals surface area (Å²) in [4.78, 5) is 15.8. The van der Waals surface area contributed by atoms with Crippen LogP contribution < -0.4 is 5.56 Å². The SMILES string of the molecule is Cc1c(Cl)nc2cc(Br)ccn2c1=O. The Balaban J connectivity index is 2.98. The van der Waals surface area contributed by atoms with Crippen LogP contribution in [0.3, 0.4) is 0 Å². The molecule has 0 aliphatic rings. The third-order valence-electron chi connectivity index (χ3n) is 1.96. The molecule has 0 saturated heterocycles. The molecule has 0 fully saturated rings. The van der Waals surface area contributed by atoms with Gasteiger partial charge >= 0.3 is 0 Å². The molecule has 2 aromatic heterocycles. The average molecular weight is 274 g/mol. The number of aromatic nitrogens is 2. The molecule has 0 radical (unpaired) electrons. The number of fused-ring (bicyclic) bond motifs is 1. The van der Waals surface area contributed by atoms with Crippen LogP contribution in [-0.2, 0) is 0 Å². The molecule has 3 nitrogen and oxygen atoms in total. The molecule has 72 valence electrons. The maximum absolute atomic E-state index is 11.7. The Morgan fingerprint density at radius 1 is 1.57 bits per heavy atom. The molecule has 0 spiro atoms. The summed E-state index contributed by atoms with van der Waals surface area (Å²) in [5.41, 5.74) is 0.874. The molecule has 2 heterocycles. The zero-order valence-corrected chi connectivity index (χ0v) is 9.63. The lowest BCUT2D eigenvalue weighted by atomic mass is 10.3. The first-order chi connectivity index (χ1) is 6.59. The van der Waals surface area contributed by atoms with Crippen molar-refractivity contribution in [3.8, 4) is 0 Å². The second kappa shape index (κ2) is 3.37. The number of halogens is 2. The van der Waals surface area contributed by atoms with Gasteiger partial charge in [0.25, 0.3) is 5.56 Å². The molecule has 0 N–H and O–H groups in total. The first-order valence-corrected chi connectivity index (χ1v) is 5.11. The summed E-state index contributed by atoms with van der Waals surface area (Å²) in [6.45, 7) is 1.66. The van der Waals surface area contributed by atoms with E-state index in [9.17, 15) is 4.79 Å². The van der Waals surface area contributed by atoms with Gasteiger partial charge in [-0.2, -0.15) is 0 Å². The predicted octanol–water partition coefficient (Wildman–Crippen LogP) is 2.42. The van der Waals surface area contributed by atoms with Crippen LogP contribution >= 0.6 is 27.5 Å². The zero-order chi connectivity index (χ0) is 10.3. The van der Waals surface area contributed by atoms with Crippen LogP contribution in [0, 0.1) is 6.92 Å². The van der Waals surface area contributed by atoms with E-state index in [2.05, 4.69) is 20.9 Å². The topological polar surface area (TPSA) is 34.4 Å². The predicted molar refractivity (Wildman–Crippen MR) is 58.9 cm³/mol. The van der Waals surface area contributed by atoms with Crippen molar-refractivity contribution in [2.45, 2.75) is 6.92 Å². The van der Waals surface area contributed by atoms with Gasteiger partial charge in [0.2, 0.25) is 0 Å². The van der Waals surface area contributed by atoms with E-state index in [4.69, 9.17) is 11.6 Å². The first kappa shape index (κ1) is 9.68. The molecule has 0 bridgehead atoms. The third-order valence-corrected chi connectivity index (χ3v) is 2.82. The lowest BCUT2D eigenvalue weighted by Crippen LogP contribution is -2.17. The van der Waals surface area contributed by atoms with Crippen molar-refractivity contribution in [3.63, 3.8) is 0 Å². The van der Waals surface area contributed by atoms with E-state index in [0.29, 0.717) is 11.2 Å². The number of nitrogens with zero attached hydrogens (tertiary/aromatic N) is 2. The molecule has 0 aliphatic carbocycles. The fourth-order valence-electron chi connectivity index (χ4n) is 1.17. The Hall–Kier alpha value is -0.870. The summed E-state index contributed by atoms with van der Waals surface area (Å²) in [5, 5.41) is 0.258. The van der Waals surface area contributed by atoms with Crippen molar-refractivity contribution in [3.05, 3.63) is 43.9 Å². The second-order valence-electron chi connectivity index (χ2n) is 2.91. The van der Waals surface area contributed by atoms with Crippen LogP contribution in [0.2, 0.25) is 5.15 Å². The van der Waals surface area contributed by atoms with Crippen LogP contribution in [0.4, 0.5) is 0 Å². The lowest BCUT2D eigenvalue weighted by molar-refractivity contribution is 1.01. The lowest BCUT2D eigenvalue weighted by Gasteiger charge is -2.02. The van der Waals surface area contributed by atoms with Gasteiger partial charge in [-0.05, 0) is 19.1 Å². The van der Waals surface area contributed by atoms with Gasteiger partial charge in [-0.3, -0.25) is 9.20 Å². The highest BCUT2D eigenvalue weighted by Crippen LogP contribution is 2.13. The normalized spacial score (nSPS) is 10.8. The molecule has 14 heavy (non-hydrogen) atoms. The summed E-state index contributed by atoms with van der Waals surface area (Å²) < 4.78 is 2.33. The van der Waals surface area contributed by atoms with Gasteiger partial charge in [-0.1, -0.05) is 27.5 Å². The molecule has 0 aliphatic heterocycles. The number of hydrogen-bond donors (Lipinski definition) is 0. The molecule has 2 rings (SSSR count). The monoisotopic (exact) mass is 272 g/mol. The summed E-state index contributed by atoms with van der Waals surface area (Å²) in [7, 11) is 0. The van der Waals surface area contributed by atoms with Gasteiger partial charge in [0.05, 0.1) is 5.56 Å². The van der Waals surface area contributed by atoms with Gasteiger partial charge in [0.15, 0.2) is 0 Å². The van der Waals surface area contributed by atoms with Crippen LogP contribution in [0.15, 0.2) is 27.6 Å². The molecule has 5 heteroatoms. The fourth-order valence-corrected chi connectivity index (χ4v) is 1.66. The first-order valence-electron chi connectivity index (χ1n) is 3.93. The molecular formula is C9H6BrClN2O. The van der Waals surface area contributed by atoms with Crippen LogP contribution in [0.1, 0.15) is 5.56 Å². The van der Waals surface area contributed by atoms with Crippen molar-refractivity contribution < 1.29 is 0 Å². The highest BCUT2D eigenvalue weighted by Gasteiger charge is 2.06. The van der Waals surface area contributed by atoms with Crippen molar-refractivity contribution in [2.75, 3.05) is 0 Å². The van der Waals surface area contributed by atoms with E-state index in [0.717, 1.165) is 4.47 Å². The summed E-state index contributed by atoms with van der Waals surface area (Å²) in [5.74, 6) is 0. The molecule has 0 aromatic carbocycles. The number of hydrogen-bond acceptors (Lipinski definition) is 2. The quantitative estimate of drug-likeness (QED) is 0.691. The minimum atomic E-state index is -0.132. The largest absolute Gasteiger partial charge is 0.269 e. The van der Waals surface area contributed by atoms with Gasteiger partial charge in [-0.15, -0.1) is 0 Å². The van der Waals surface area contributed by atoms with E-state index in [1.54, 1.807) is 25.3 Å². The standard InChI is InChI=1S/C9H6BrClN2O/c1-5-8(11)12-7-4-6(10)2-3-13(7)9(5)14/h2-4H,1H3. The van der Waals surface area contributed by atoms with Crippen molar-refractivity contribution >= 4 is 33.2 Å². The Morgan fingerprint density at radius 3 is 3.00 bits per heavy atom. The average Bonchev–Trinajstić information content (AvgIpc) is 2.14. The number of pyridine rings is 1. The van der Waals surface area contributed by atoms with Gasteiger partial charge in [0.1, 0.15) is 10.8 Å². The molecule has 0 saturated carbocycles. The van der Waals surface area contributed by atoms with E-state index < -0.39 is 0 Å². The molecule has 0 unspecified atom stereocenters. The van der Waals surface area contributed by atoms with Gasteiger partial charge < -0.3 is 0 Å². The van der Waals surface area contributed by atoms with E-state index in [1.807, 2.05) is 0 Å². The second-order valence-corrected chi connectivity index (χ2v) is 4.18. The maximum Gasteiger partial charge on any atom is 0.262 e. The van der Waals surface area contributed by atoms with Crippen LogP contribution in [0.25, 0.3) is 5.65 Å². The Kier molecular flexibility index (Phi) is 2.33. The van der Waals surface area contributed by atoms with E-state index in [1.165, 1.54) is 4.40 Å². The Morgan fingerprint density at radius 2 is 2.29 bits per heavy atom. The highest BCUT2D eigenvalue weighted by atomic mass is 79.9. The zero-order valence-electron chi connectivity index (χ0n) is 7.29. The van der Waals surface area contributed by atoms with Crippen LogP contribution in [0.5, 0.6) is 0 Å². The van der Waals surface area contributed by atoms with E-state index >= 15 is 0 Å². The molecule has 0 amide bonds. The number of rotatable bonds is 0. The van der Waals surface area contributed by atoms with E-state index in [-0.39, 0.29) is 10.7 Å². The fraction of sp³-hybridized carbons (Fsp3) is 0.111. The molecule has 0 atom stereocenters. The third kappa shape index (κ3) is 1.44. The Bertz CT molecular complexity index is 564. The van der Waals surface area contributed by atoms with Crippen molar-refractivity contribution in [1.29, 1.82) is 0 Å². The minimum absolute atomic E-state index is 0.132. The maximum atomic E-state index is 11.7. The van der Waals surface area contributed by atoms with Crippen molar-refractivity contribution in [1.82, 2.24) is 9.38 Å². The minimum Gasteiger partial charge on any atom is -0.269 e.